The Kier molecular flexibility index (Phi) is 25.6. The number of hydrogen-bond donors (Lipinski definition) is 3. The first kappa shape index (κ1) is 70.5. The van der Waals surface area contributed by atoms with Gasteiger partial charge in [-0.25, -0.2) is 19.2 Å². The summed E-state index contributed by atoms with van der Waals surface area (Å²) in [5.41, 5.74) is 14.0. The number of esters is 3. The number of carbonyl (C=O) groups is 4. The SMILES string of the molecule is CCN1CCC(n2cc(Cc3cnccc3C(=O)O)c(C)n2)CC1.CCN1CCC(n2cc(Cc3cnccc3C(=O)OC)c(C)n2)CC1.COC(=O)c1ccncc1Cc1cn(C2CCNCC2)nc1C.COC(=O)c1ccncc1Cc1cnn(C2CCNCC2)c1C. The number of aromatic nitrogens is 12. The van der Waals surface area contributed by atoms with E-state index in [1.54, 1.807) is 67.6 Å². The Morgan fingerprint density at radius 3 is 1.09 bits per heavy atom. The molecule has 0 radical (unpaired) electrons. The van der Waals surface area contributed by atoms with Crippen molar-refractivity contribution in [2.75, 3.05) is 86.8 Å². The van der Waals surface area contributed by atoms with Gasteiger partial charge in [-0.1, -0.05) is 13.8 Å². The molecular formula is C71H94N16O8. The number of nitrogens with zero attached hydrogens (tertiary/aromatic N) is 14. The number of nitrogens with one attached hydrogen (secondary N) is 2. The molecule has 8 aromatic heterocycles. The van der Waals surface area contributed by atoms with Crippen LogP contribution in [-0.4, -0.2) is 185 Å². The summed E-state index contributed by atoms with van der Waals surface area (Å²) in [6.45, 7) is 23.4. The van der Waals surface area contributed by atoms with Crippen molar-refractivity contribution in [3.63, 3.8) is 0 Å². The van der Waals surface area contributed by atoms with Crippen molar-refractivity contribution in [3.8, 4) is 0 Å². The number of carboxylic acid groups (broad SMARTS) is 1. The Labute approximate surface area is 557 Å². The number of aryl methyl sites for hydroxylation is 3. The minimum Gasteiger partial charge on any atom is -0.478 e. The van der Waals surface area contributed by atoms with Crippen LogP contribution in [0.15, 0.2) is 98.6 Å². The van der Waals surface area contributed by atoms with Gasteiger partial charge in [0.15, 0.2) is 0 Å². The quantitative estimate of drug-likeness (QED) is 0.0534. The number of hydrogen-bond acceptors (Lipinski definition) is 19. The maximum Gasteiger partial charge on any atom is 0.338 e. The molecule has 0 unspecified atom stereocenters. The summed E-state index contributed by atoms with van der Waals surface area (Å²) < 4.78 is 23.0. The first-order valence-electron chi connectivity index (χ1n) is 33.3. The van der Waals surface area contributed by atoms with E-state index in [0.29, 0.717) is 72.1 Å². The number of pyridine rings is 4. The average Bonchev–Trinajstić information content (AvgIpc) is 1.82. The fraction of sp³-hybridized carbons (Fsp3) is 0.493. The normalized spacial score (nSPS) is 15.9. The Bertz CT molecular complexity index is 3750. The van der Waals surface area contributed by atoms with Crippen LogP contribution in [0.25, 0.3) is 0 Å². The first-order valence-corrected chi connectivity index (χ1v) is 33.3. The molecule has 12 rings (SSSR count). The van der Waals surface area contributed by atoms with Gasteiger partial charge in [0, 0.05) is 126 Å². The Hall–Kier alpha value is -8.84. The third kappa shape index (κ3) is 18.6. The summed E-state index contributed by atoms with van der Waals surface area (Å²) in [4.78, 5) is 68.5. The molecule has 0 amide bonds. The number of aromatic carboxylic acids is 1. The van der Waals surface area contributed by atoms with Crippen LogP contribution in [0.1, 0.15) is 198 Å². The second-order valence-electron chi connectivity index (χ2n) is 24.8. The van der Waals surface area contributed by atoms with Crippen LogP contribution >= 0.6 is 0 Å². The molecule has 24 nitrogen and oxygen atoms in total. The Balaban J connectivity index is 0.000000149. The molecule has 0 aliphatic carbocycles. The highest BCUT2D eigenvalue weighted by molar-refractivity contribution is 5.92. The van der Waals surface area contributed by atoms with Crippen molar-refractivity contribution in [1.29, 1.82) is 0 Å². The van der Waals surface area contributed by atoms with Gasteiger partial charge in [-0.15, -0.1) is 0 Å². The molecule has 95 heavy (non-hydrogen) atoms. The summed E-state index contributed by atoms with van der Waals surface area (Å²) in [5, 5.41) is 34.7. The first-order chi connectivity index (χ1) is 46.1. The highest BCUT2D eigenvalue weighted by atomic mass is 16.5. The van der Waals surface area contributed by atoms with E-state index < -0.39 is 5.97 Å². The maximum atomic E-state index is 11.9. The largest absolute Gasteiger partial charge is 0.478 e. The summed E-state index contributed by atoms with van der Waals surface area (Å²) >= 11 is 0. The fourth-order valence-corrected chi connectivity index (χ4v) is 13.0. The van der Waals surface area contributed by atoms with E-state index in [1.807, 2.05) is 27.0 Å². The lowest BCUT2D eigenvalue weighted by Gasteiger charge is -2.31. The van der Waals surface area contributed by atoms with Gasteiger partial charge in [-0.3, -0.25) is 38.7 Å². The maximum absolute atomic E-state index is 11.9. The van der Waals surface area contributed by atoms with Crippen molar-refractivity contribution in [2.45, 2.75) is 143 Å². The van der Waals surface area contributed by atoms with E-state index in [0.717, 1.165) is 184 Å². The smallest absolute Gasteiger partial charge is 0.338 e. The molecule has 4 aliphatic rings. The molecule has 0 atom stereocenters. The van der Waals surface area contributed by atoms with Gasteiger partial charge < -0.3 is 39.8 Å². The van der Waals surface area contributed by atoms with Gasteiger partial charge in [-0.05, 0) is 187 Å². The van der Waals surface area contributed by atoms with Crippen LogP contribution in [0.4, 0.5) is 0 Å². The highest BCUT2D eigenvalue weighted by Gasteiger charge is 2.26. The minimum atomic E-state index is -0.913. The van der Waals surface area contributed by atoms with Crippen molar-refractivity contribution >= 4 is 23.9 Å². The standard InChI is InChI=1S/C19H26N4O2.C18H24N4O2.2C17H22N4O2/c1-4-22-9-6-17(7-10-22)23-13-16(14(2)21-23)11-15-12-20-8-5-18(15)19(24)25-3;1-3-21-8-5-16(6-9-21)22-12-15(13(2)20-22)10-14-11-19-7-4-17(14)18(23)24;1-12-13(11-20-21(12)15-3-6-18-7-4-15)9-14-10-19-8-5-16(14)17(22)23-2;1-12-14(11-21(20-12)15-3-6-18-7-4-15)9-13-10-19-8-5-16(13)17(22)23-2/h5,8,12-13,17H,4,6-7,9-11H2,1-3H3;4,7,11-12,16H,3,5-6,8-10H2,1-2H3,(H,23,24);2*5,8,10-11,15,18H,3-4,6-7,9H2,1-2H3. The third-order valence-corrected chi connectivity index (χ3v) is 18.9. The summed E-state index contributed by atoms with van der Waals surface area (Å²) in [5.74, 6) is -1.89. The third-order valence-electron chi connectivity index (χ3n) is 18.9. The van der Waals surface area contributed by atoms with Crippen molar-refractivity contribution in [3.05, 3.63) is 188 Å². The van der Waals surface area contributed by atoms with Crippen LogP contribution in [0.5, 0.6) is 0 Å². The number of rotatable bonds is 18. The summed E-state index contributed by atoms with van der Waals surface area (Å²) in [6.07, 6.45) is 32.8. The fourth-order valence-electron chi connectivity index (χ4n) is 13.0. The summed E-state index contributed by atoms with van der Waals surface area (Å²) in [6, 6.07) is 8.48. The van der Waals surface area contributed by atoms with Gasteiger partial charge in [0.2, 0.25) is 0 Å². The second-order valence-corrected chi connectivity index (χ2v) is 24.8. The zero-order valence-corrected chi connectivity index (χ0v) is 56.7. The van der Waals surface area contributed by atoms with E-state index >= 15 is 0 Å². The van der Waals surface area contributed by atoms with E-state index in [1.165, 1.54) is 27.5 Å². The molecule has 8 aromatic rings. The molecule has 0 bridgehead atoms. The van der Waals surface area contributed by atoms with Gasteiger partial charge in [-0.2, -0.15) is 20.4 Å². The molecule has 4 fully saturated rings. The molecule has 4 saturated heterocycles. The number of ether oxygens (including phenoxy) is 3. The highest BCUT2D eigenvalue weighted by Crippen LogP contribution is 2.29. The van der Waals surface area contributed by atoms with Crippen molar-refractivity contribution in [1.82, 2.24) is 79.5 Å². The lowest BCUT2D eigenvalue weighted by atomic mass is 10.0. The zero-order valence-electron chi connectivity index (χ0n) is 56.7. The van der Waals surface area contributed by atoms with Crippen molar-refractivity contribution in [2.24, 2.45) is 0 Å². The molecule has 3 N–H and O–H groups in total. The number of carboxylic acids is 1. The molecule has 506 valence electrons. The molecular weight excluding hydrogens is 1200 g/mol. The lowest BCUT2D eigenvalue weighted by Crippen LogP contribution is -2.34. The molecule has 12 heterocycles. The molecule has 0 saturated carbocycles. The predicted molar refractivity (Wildman–Crippen MR) is 360 cm³/mol. The van der Waals surface area contributed by atoms with Gasteiger partial charge in [0.25, 0.3) is 0 Å². The van der Waals surface area contributed by atoms with E-state index in [2.05, 4.69) is 114 Å². The second kappa shape index (κ2) is 34.5. The molecule has 4 aliphatic heterocycles. The van der Waals surface area contributed by atoms with E-state index in [4.69, 9.17) is 19.3 Å². The van der Waals surface area contributed by atoms with Crippen LogP contribution in [0, 0.1) is 27.7 Å². The summed E-state index contributed by atoms with van der Waals surface area (Å²) in [7, 11) is 4.19. The lowest BCUT2D eigenvalue weighted by molar-refractivity contribution is 0.0590. The van der Waals surface area contributed by atoms with Gasteiger partial charge in [0.1, 0.15) is 0 Å². The number of piperidine rings is 4. The molecule has 0 aromatic carbocycles. The van der Waals surface area contributed by atoms with Gasteiger partial charge in [0.05, 0.1) is 91.0 Å². The molecule has 0 spiro atoms. The van der Waals surface area contributed by atoms with Gasteiger partial charge >= 0.3 is 23.9 Å². The average molecular weight is 1300 g/mol. The molecule has 24 heteroatoms. The van der Waals surface area contributed by atoms with E-state index in [9.17, 15) is 24.3 Å². The van der Waals surface area contributed by atoms with E-state index in [-0.39, 0.29) is 17.9 Å². The van der Waals surface area contributed by atoms with Crippen LogP contribution in [0.3, 0.4) is 0 Å². The number of methoxy groups -OCH3 is 3. The number of likely N-dealkylation sites (tertiary alicyclic amines) is 2. The van der Waals surface area contributed by atoms with Crippen LogP contribution < -0.4 is 10.6 Å². The topological polar surface area (TPSA) is 270 Å². The minimum absolute atomic E-state index is 0.313. The number of carbonyl (C=O) groups excluding carboxylic acids is 3. The zero-order chi connectivity index (χ0) is 67.4. The Morgan fingerprint density at radius 1 is 0.442 bits per heavy atom. The van der Waals surface area contributed by atoms with Crippen LogP contribution in [0.2, 0.25) is 0 Å². The Morgan fingerprint density at radius 2 is 0.758 bits per heavy atom. The predicted octanol–water partition coefficient (Wildman–Crippen LogP) is 8.93. The van der Waals surface area contributed by atoms with Crippen LogP contribution in [-0.2, 0) is 39.9 Å². The van der Waals surface area contributed by atoms with Crippen molar-refractivity contribution < 1.29 is 38.5 Å². The monoisotopic (exact) mass is 1300 g/mol.